The molecule has 0 radical (unpaired) electrons. The van der Waals surface area contributed by atoms with Gasteiger partial charge in [-0.15, -0.1) is 0 Å². The molecular formula is C16H28BClN7O5P. The average molecular weight is 476 g/mol. The molecule has 0 spiro atoms. The summed E-state index contributed by atoms with van der Waals surface area (Å²) in [6.45, 7) is 1.44. The number of rotatable bonds is 8. The van der Waals surface area contributed by atoms with E-state index in [1.54, 1.807) is 4.57 Å². The number of nitrogens with one attached hydrogen (secondary N) is 1. The Hall–Kier alpha value is -1.31. The van der Waals surface area contributed by atoms with Crippen LogP contribution in [0, 0.1) is 0 Å². The average Bonchev–Trinajstić information content (AvgIpc) is 3.21. The molecular weight excluding hydrogens is 447 g/mol. The monoisotopic (exact) mass is 475 g/mol. The number of aliphatic hydroxyl groups excluding tert-OH is 1. The van der Waals surface area contributed by atoms with Gasteiger partial charge >= 0.3 is 173 Å². The molecule has 0 amide bonds. The summed E-state index contributed by atoms with van der Waals surface area (Å²) in [6.07, 6.45) is 0.703. The first-order valence-corrected chi connectivity index (χ1v) is 13.0. The standard InChI is InChI=1S/C16H28BClN7O5P/c17-31(27)28-7-8-11(30-31)10(26)14(29-8)25-13-9(12(20)23-15(18)24-13)22-16(25)21-6-4-2-1-3-5-19/h8,10-11,14,26-27,31H,1-7,17,19H2,(H,21,22)(H2,20,23,24)/t8-,10?,11-,14-/m1/s1. The maximum absolute atomic E-state index is 11.0. The van der Waals surface area contributed by atoms with Gasteiger partial charge in [0.25, 0.3) is 0 Å². The molecule has 2 aliphatic rings. The molecule has 172 valence electrons. The minimum absolute atomic E-state index is 0.0423. The van der Waals surface area contributed by atoms with Crippen molar-refractivity contribution in [1.82, 2.24) is 19.5 Å². The van der Waals surface area contributed by atoms with E-state index in [9.17, 15) is 10.00 Å². The first-order valence-electron chi connectivity index (χ1n) is 10.3. The van der Waals surface area contributed by atoms with Gasteiger partial charge in [0.15, 0.2) is 0 Å². The van der Waals surface area contributed by atoms with Crippen LogP contribution >= 0.6 is 19.4 Å². The third-order valence-electron chi connectivity index (χ3n) is 5.39. The number of aromatic nitrogens is 4. The molecule has 15 heteroatoms. The molecule has 12 nitrogen and oxygen atoms in total. The van der Waals surface area contributed by atoms with Crippen LogP contribution in [-0.2, 0) is 13.8 Å². The van der Waals surface area contributed by atoms with Crippen LogP contribution < -0.4 is 16.8 Å². The van der Waals surface area contributed by atoms with Crippen LogP contribution in [0.1, 0.15) is 31.9 Å². The van der Waals surface area contributed by atoms with E-state index in [0.717, 1.165) is 25.7 Å². The van der Waals surface area contributed by atoms with Crippen molar-refractivity contribution in [1.29, 1.82) is 0 Å². The third-order valence-corrected chi connectivity index (χ3v) is 6.97. The Morgan fingerprint density at radius 1 is 1.26 bits per heavy atom. The fourth-order valence-electron chi connectivity index (χ4n) is 3.89. The van der Waals surface area contributed by atoms with Gasteiger partial charge in [-0.3, -0.25) is 0 Å². The van der Waals surface area contributed by atoms with Crippen molar-refractivity contribution in [2.45, 2.75) is 50.2 Å². The van der Waals surface area contributed by atoms with Crippen molar-refractivity contribution >= 4 is 49.9 Å². The Labute approximate surface area is 185 Å². The number of nitrogens with zero attached hydrogens (tertiary/aromatic N) is 4. The molecule has 1 unspecified atom stereocenters. The second-order valence-corrected chi connectivity index (χ2v) is 10.5. The molecule has 0 aromatic carbocycles. The molecule has 2 aromatic rings. The number of imidazole rings is 1. The van der Waals surface area contributed by atoms with E-state index in [1.165, 1.54) is 7.57 Å². The predicted molar refractivity (Wildman–Crippen MR) is 121 cm³/mol. The van der Waals surface area contributed by atoms with E-state index in [1.807, 2.05) is 0 Å². The van der Waals surface area contributed by atoms with Crippen LogP contribution in [0.3, 0.4) is 0 Å². The second-order valence-electron chi connectivity index (χ2n) is 7.83. The normalized spacial score (nSPS) is 28.5. The molecule has 4 rings (SSSR count). The van der Waals surface area contributed by atoms with Gasteiger partial charge in [-0.1, -0.05) is 0 Å². The minimum atomic E-state index is -3.31. The number of hydrogen-bond acceptors (Lipinski definition) is 11. The summed E-state index contributed by atoms with van der Waals surface area (Å²) in [6, 6.07) is 0. The SMILES string of the molecule is B[PH]1(O)OC[C@H]2O[C@@H](n3c(NCCCCCCN)nc4c(N)nc(Cl)nc43)C(O)[C@@H]2O1. The van der Waals surface area contributed by atoms with E-state index in [0.29, 0.717) is 30.2 Å². The maximum atomic E-state index is 11.0. The zero-order chi connectivity index (χ0) is 22.2. The van der Waals surface area contributed by atoms with E-state index < -0.39 is 32.4 Å². The summed E-state index contributed by atoms with van der Waals surface area (Å²) in [5.41, 5.74) is 12.2. The van der Waals surface area contributed by atoms with Crippen molar-refractivity contribution in [2.24, 2.45) is 5.73 Å². The Bertz CT molecular complexity index is 937. The summed E-state index contributed by atoms with van der Waals surface area (Å²) in [4.78, 5) is 23.0. The number of nitrogens with two attached hydrogens (primary N) is 2. The van der Waals surface area contributed by atoms with Gasteiger partial charge in [0.05, 0.1) is 0 Å². The molecule has 2 fully saturated rings. The molecule has 0 aliphatic carbocycles. The topological polar surface area (TPSA) is 176 Å². The molecule has 31 heavy (non-hydrogen) atoms. The zero-order valence-electron chi connectivity index (χ0n) is 17.2. The molecule has 0 saturated carbocycles. The van der Waals surface area contributed by atoms with Gasteiger partial charge in [0, 0.05) is 0 Å². The Morgan fingerprint density at radius 3 is 2.81 bits per heavy atom. The van der Waals surface area contributed by atoms with Crippen molar-refractivity contribution in [2.75, 3.05) is 30.7 Å². The van der Waals surface area contributed by atoms with Crippen molar-refractivity contribution < 1.29 is 23.8 Å². The van der Waals surface area contributed by atoms with Crippen molar-refractivity contribution in [3.05, 3.63) is 5.28 Å². The van der Waals surface area contributed by atoms with Gasteiger partial charge < -0.3 is 5.73 Å². The van der Waals surface area contributed by atoms with E-state index >= 15 is 0 Å². The van der Waals surface area contributed by atoms with E-state index in [-0.39, 0.29) is 17.7 Å². The summed E-state index contributed by atoms with van der Waals surface area (Å²) < 4.78 is 18.7. The number of hydrogen-bond donors (Lipinski definition) is 5. The molecule has 2 saturated heterocycles. The third kappa shape index (κ3) is 4.74. The van der Waals surface area contributed by atoms with Gasteiger partial charge in [0.2, 0.25) is 0 Å². The van der Waals surface area contributed by atoms with Gasteiger partial charge in [-0.2, -0.15) is 0 Å². The van der Waals surface area contributed by atoms with E-state index in [4.69, 9.17) is 36.9 Å². The molecule has 4 heterocycles. The number of unbranched alkanes of at least 4 members (excludes halogenated alkanes) is 3. The number of anilines is 2. The Balaban J connectivity index is 1.62. The second kappa shape index (κ2) is 9.28. The van der Waals surface area contributed by atoms with Crippen LogP contribution in [0.5, 0.6) is 0 Å². The number of fused-ring (bicyclic) bond motifs is 2. The summed E-state index contributed by atoms with van der Waals surface area (Å²) in [5.74, 6) is 0.546. The summed E-state index contributed by atoms with van der Waals surface area (Å²) in [7, 11) is -1.81. The van der Waals surface area contributed by atoms with Gasteiger partial charge in [0.1, 0.15) is 0 Å². The van der Waals surface area contributed by atoms with Crippen LogP contribution in [0.4, 0.5) is 11.8 Å². The van der Waals surface area contributed by atoms with Crippen LogP contribution in [-0.4, -0.2) is 75.1 Å². The number of aliphatic hydroxyl groups is 1. The van der Waals surface area contributed by atoms with Crippen molar-refractivity contribution in [3.63, 3.8) is 0 Å². The first-order chi connectivity index (χ1) is 14.8. The van der Waals surface area contributed by atoms with E-state index in [2.05, 4.69) is 20.3 Å². The fraction of sp³-hybridized carbons (Fsp3) is 0.688. The van der Waals surface area contributed by atoms with Crippen LogP contribution in [0.2, 0.25) is 5.28 Å². The molecule has 2 aliphatic heterocycles. The Morgan fingerprint density at radius 2 is 2.03 bits per heavy atom. The number of nitrogen functional groups attached to an aromatic ring is 1. The molecule has 2 aromatic heterocycles. The molecule has 7 N–H and O–H groups in total. The summed E-state index contributed by atoms with van der Waals surface area (Å²) >= 11 is 6.03. The van der Waals surface area contributed by atoms with Gasteiger partial charge in [-0.05, 0) is 6.54 Å². The molecule has 4 atom stereocenters. The zero-order valence-corrected chi connectivity index (χ0v) is 19.0. The van der Waals surface area contributed by atoms with Crippen molar-refractivity contribution in [3.8, 4) is 0 Å². The number of ether oxygens (including phenoxy) is 1. The fourth-order valence-corrected chi connectivity index (χ4v) is 5.40. The van der Waals surface area contributed by atoms with Crippen LogP contribution in [0.15, 0.2) is 0 Å². The first kappa shape index (κ1) is 22.9. The molecule has 0 bridgehead atoms. The Kier molecular flexibility index (Phi) is 6.85. The number of halogens is 1. The quantitative estimate of drug-likeness (QED) is 0.147. The van der Waals surface area contributed by atoms with Crippen LogP contribution in [0.25, 0.3) is 11.2 Å². The van der Waals surface area contributed by atoms with Gasteiger partial charge in [-0.25, -0.2) is 0 Å². The predicted octanol–water partition coefficient (Wildman–Crippen LogP) is -0.298. The summed E-state index contributed by atoms with van der Waals surface area (Å²) in [5, 5.41) is 14.2.